The number of furan rings is 1. The van der Waals surface area contributed by atoms with Gasteiger partial charge in [-0.3, -0.25) is 20.5 Å². The van der Waals surface area contributed by atoms with Crippen molar-refractivity contribution in [3.8, 4) is 0 Å². The number of carbonyl (C=O) groups is 1. The molecule has 8 heteroatoms. The van der Waals surface area contributed by atoms with Crippen molar-refractivity contribution < 1.29 is 13.9 Å². The summed E-state index contributed by atoms with van der Waals surface area (Å²) >= 11 is 5.11. The van der Waals surface area contributed by atoms with E-state index < -0.39 is 0 Å². The lowest BCUT2D eigenvalue weighted by Crippen LogP contribution is -2.47. The van der Waals surface area contributed by atoms with Crippen molar-refractivity contribution in [1.82, 2.24) is 21.1 Å². The van der Waals surface area contributed by atoms with Crippen LogP contribution in [0.25, 0.3) is 0 Å². The van der Waals surface area contributed by atoms with Gasteiger partial charge in [0.2, 0.25) is 0 Å². The Balaban J connectivity index is 1.56. The Bertz CT molecular complexity index is 500. The molecule has 2 rings (SSSR count). The van der Waals surface area contributed by atoms with Crippen molar-refractivity contribution in [2.45, 2.75) is 13.3 Å². The second-order valence-electron chi connectivity index (χ2n) is 5.03. The van der Waals surface area contributed by atoms with Crippen LogP contribution in [0.4, 0.5) is 0 Å². The van der Waals surface area contributed by atoms with Crippen LogP contribution in [0.2, 0.25) is 0 Å². The molecule has 1 aliphatic rings. The Morgan fingerprint density at radius 1 is 1.36 bits per heavy atom. The van der Waals surface area contributed by atoms with Gasteiger partial charge >= 0.3 is 0 Å². The Labute approximate surface area is 135 Å². The lowest BCUT2D eigenvalue weighted by atomic mass is 10.2. The second kappa shape index (κ2) is 8.72. The minimum absolute atomic E-state index is 0.274. The molecular formula is C14H22N4O3S. The van der Waals surface area contributed by atoms with Gasteiger partial charge in [0.15, 0.2) is 5.11 Å². The SMILES string of the molecule is Cc1occc1C(=O)NNC(=S)NCCCN1CCOCC1. The molecule has 1 aromatic rings. The van der Waals surface area contributed by atoms with Crippen LogP contribution in [0.15, 0.2) is 16.7 Å². The van der Waals surface area contributed by atoms with Crippen molar-refractivity contribution in [1.29, 1.82) is 0 Å². The van der Waals surface area contributed by atoms with Gasteiger partial charge in [-0.1, -0.05) is 0 Å². The smallest absolute Gasteiger partial charge is 0.273 e. The molecule has 1 amide bonds. The van der Waals surface area contributed by atoms with E-state index in [4.69, 9.17) is 21.4 Å². The van der Waals surface area contributed by atoms with E-state index in [1.807, 2.05) is 0 Å². The number of amides is 1. The first-order valence-corrected chi connectivity index (χ1v) is 7.76. The van der Waals surface area contributed by atoms with Crippen LogP contribution >= 0.6 is 12.2 Å². The molecule has 122 valence electrons. The Morgan fingerprint density at radius 2 is 2.14 bits per heavy atom. The molecular weight excluding hydrogens is 304 g/mol. The van der Waals surface area contributed by atoms with E-state index in [0.29, 0.717) is 16.4 Å². The molecule has 0 aromatic carbocycles. The Kier molecular flexibility index (Phi) is 6.63. The molecule has 1 aromatic heterocycles. The fraction of sp³-hybridized carbons (Fsp3) is 0.571. The topological polar surface area (TPSA) is 78.8 Å². The fourth-order valence-electron chi connectivity index (χ4n) is 2.17. The second-order valence-corrected chi connectivity index (χ2v) is 5.44. The normalized spacial score (nSPS) is 15.3. The van der Waals surface area contributed by atoms with E-state index in [0.717, 1.165) is 45.8 Å². The average Bonchev–Trinajstić information content (AvgIpc) is 2.96. The third-order valence-electron chi connectivity index (χ3n) is 3.43. The summed E-state index contributed by atoms with van der Waals surface area (Å²) < 4.78 is 10.4. The van der Waals surface area contributed by atoms with Crippen LogP contribution in [-0.4, -0.2) is 55.3 Å². The van der Waals surface area contributed by atoms with Gasteiger partial charge in [-0.15, -0.1) is 0 Å². The number of thiocarbonyl (C=S) groups is 1. The van der Waals surface area contributed by atoms with Gasteiger partial charge < -0.3 is 14.5 Å². The van der Waals surface area contributed by atoms with Gasteiger partial charge in [0.05, 0.1) is 25.0 Å². The maximum atomic E-state index is 11.8. The molecule has 0 saturated carbocycles. The van der Waals surface area contributed by atoms with Crippen molar-refractivity contribution in [2.75, 3.05) is 39.4 Å². The molecule has 0 unspecified atom stereocenters. The van der Waals surface area contributed by atoms with Crippen LogP contribution in [-0.2, 0) is 4.74 Å². The van der Waals surface area contributed by atoms with Gasteiger partial charge in [-0.25, -0.2) is 0 Å². The molecule has 3 N–H and O–H groups in total. The van der Waals surface area contributed by atoms with Crippen molar-refractivity contribution in [3.05, 3.63) is 23.7 Å². The molecule has 0 radical (unpaired) electrons. The van der Waals surface area contributed by atoms with Crippen LogP contribution in [0.3, 0.4) is 0 Å². The summed E-state index contributed by atoms with van der Waals surface area (Å²) in [5.41, 5.74) is 5.71. The molecule has 0 atom stereocenters. The standard InChI is InChI=1S/C14H22N4O3S/c1-11-12(3-8-21-11)13(19)16-17-14(22)15-4-2-5-18-6-9-20-10-7-18/h3,8H,2,4-7,9-10H2,1H3,(H,16,19)(H2,15,17,22). The van der Waals surface area contributed by atoms with Gasteiger partial charge in [-0.2, -0.15) is 0 Å². The Hall–Kier alpha value is -1.64. The van der Waals surface area contributed by atoms with Gasteiger partial charge in [0, 0.05) is 19.6 Å². The van der Waals surface area contributed by atoms with Crippen LogP contribution in [0.1, 0.15) is 22.5 Å². The number of hydrazine groups is 1. The van der Waals surface area contributed by atoms with E-state index in [1.54, 1.807) is 13.0 Å². The van der Waals surface area contributed by atoms with Crippen LogP contribution < -0.4 is 16.2 Å². The zero-order valence-electron chi connectivity index (χ0n) is 12.7. The number of ether oxygens (including phenoxy) is 1. The third kappa shape index (κ3) is 5.28. The number of carbonyl (C=O) groups excluding carboxylic acids is 1. The maximum absolute atomic E-state index is 11.8. The number of aryl methyl sites for hydroxylation is 1. The van der Waals surface area contributed by atoms with Crippen molar-refractivity contribution in [2.24, 2.45) is 0 Å². The fourth-order valence-corrected chi connectivity index (χ4v) is 2.33. The number of nitrogens with zero attached hydrogens (tertiary/aromatic N) is 1. The van der Waals surface area contributed by atoms with Crippen molar-refractivity contribution in [3.63, 3.8) is 0 Å². The van der Waals surface area contributed by atoms with E-state index in [2.05, 4.69) is 21.1 Å². The molecule has 0 spiro atoms. The van der Waals surface area contributed by atoms with E-state index >= 15 is 0 Å². The summed E-state index contributed by atoms with van der Waals surface area (Å²) in [7, 11) is 0. The molecule has 1 saturated heterocycles. The number of morpholine rings is 1. The lowest BCUT2D eigenvalue weighted by Gasteiger charge is -2.26. The molecule has 0 bridgehead atoms. The molecule has 0 aliphatic carbocycles. The average molecular weight is 326 g/mol. The highest BCUT2D eigenvalue weighted by atomic mass is 32.1. The first-order chi connectivity index (χ1) is 10.7. The highest BCUT2D eigenvalue weighted by Crippen LogP contribution is 2.07. The monoisotopic (exact) mass is 326 g/mol. The van der Waals surface area contributed by atoms with Crippen LogP contribution in [0.5, 0.6) is 0 Å². The van der Waals surface area contributed by atoms with E-state index in [1.165, 1.54) is 6.26 Å². The third-order valence-corrected chi connectivity index (χ3v) is 3.68. The number of hydrogen-bond donors (Lipinski definition) is 3. The summed E-state index contributed by atoms with van der Waals surface area (Å²) in [5.74, 6) is 0.299. The van der Waals surface area contributed by atoms with E-state index in [9.17, 15) is 4.79 Å². The predicted molar refractivity (Wildman–Crippen MR) is 86.5 cm³/mol. The summed E-state index contributed by atoms with van der Waals surface area (Å²) in [6.45, 7) is 7.10. The highest BCUT2D eigenvalue weighted by Gasteiger charge is 2.11. The van der Waals surface area contributed by atoms with Gasteiger partial charge in [0.25, 0.3) is 5.91 Å². The molecule has 1 fully saturated rings. The zero-order valence-corrected chi connectivity index (χ0v) is 13.5. The first-order valence-electron chi connectivity index (χ1n) is 7.35. The van der Waals surface area contributed by atoms with Gasteiger partial charge in [-0.05, 0) is 38.2 Å². The summed E-state index contributed by atoms with van der Waals surface area (Å²) in [4.78, 5) is 14.2. The highest BCUT2D eigenvalue weighted by molar-refractivity contribution is 7.80. The predicted octanol–water partition coefficient (Wildman–Crippen LogP) is 0.419. The molecule has 2 heterocycles. The quantitative estimate of drug-likeness (QED) is 0.411. The summed E-state index contributed by atoms with van der Waals surface area (Å²) in [6, 6.07) is 1.62. The minimum Gasteiger partial charge on any atom is -0.469 e. The zero-order chi connectivity index (χ0) is 15.8. The van der Waals surface area contributed by atoms with Crippen LogP contribution in [0, 0.1) is 6.92 Å². The maximum Gasteiger partial charge on any atom is 0.273 e. The number of hydrogen-bond acceptors (Lipinski definition) is 5. The molecule has 22 heavy (non-hydrogen) atoms. The minimum atomic E-state index is -0.274. The number of nitrogens with one attached hydrogen (secondary N) is 3. The van der Waals surface area contributed by atoms with Gasteiger partial charge in [0.1, 0.15) is 5.76 Å². The molecule has 7 nitrogen and oxygen atoms in total. The summed E-state index contributed by atoms with van der Waals surface area (Å²) in [6.07, 6.45) is 2.46. The van der Waals surface area contributed by atoms with Crippen molar-refractivity contribution >= 4 is 23.2 Å². The summed E-state index contributed by atoms with van der Waals surface area (Å²) in [5, 5.41) is 3.46. The lowest BCUT2D eigenvalue weighted by molar-refractivity contribution is 0.0376. The molecule has 1 aliphatic heterocycles. The Morgan fingerprint density at radius 3 is 2.82 bits per heavy atom. The van der Waals surface area contributed by atoms with E-state index in [-0.39, 0.29) is 5.91 Å². The largest absolute Gasteiger partial charge is 0.469 e. The number of rotatable bonds is 5. The first kappa shape index (κ1) is 16.7.